The molecule has 0 N–H and O–H groups in total. The number of hydrogen-bond acceptors (Lipinski definition) is 2. The third-order valence-corrected chi connectivity index (χ3v) is 2.97. The maximum atomic E-state index is 5.78. The summed E-state index contributed by atoms with van der Waals surface area (Å²) < 4.78 is 0. The summed E-state index contributed by atoms with van der Waals surface area (Å²) in [6.07, 6.45) is 6.97. The fraction of sp³-hybridized carbons (Fsp3) is 0. The van der Waals surface area contributed by atoms with Crippen LogP contribution in [0, 0.1) is 12.3 Å². The van der Waals surface area contributed by atoms with Gasteiger partial charge in [0.2, 0.25) is 0 Å². The average molecular weight is 220 g/mol. The molecule has 0 atom stereocenters. The number of aromatic nitrogens is 1. The second-order valence-corrected chi connectivity index (χ2v) is 4.15. The van der Waals surface area contributed by atoms with E-state index in [-0.39, 0.29) is 0 Å². The van der Waals surface area contributed by atoms with Crippen LogP contribution in [-0.4, -0.2) is 4.98 Å². The lowest BCUT2D eigenvalue weighted by atomic mass is 10.2. The van der Waals surface area contributed by atoms with Crippen molar-refractivity contribution in [2.75, 3.05) is 0 Å². The van der Waals surface area contributed by atoms with E-state index in [4.69, 9.17) is 18.0 Å². The van der Waals surface area contributed by atoms with E-state index in [0.717, 1.165) is 20.5 Å². The van der Waals surface area contributed by atoms with Crippen LogP contribution in [0.15, 0.2) is 30.5 Å². The van der Waals surface area contributed by atoms with Gasteiger partial charge in [0.25, 0.3) is 0 Å². The molecule has 0 saturated carbocycles. The van der Waals surface area contributed by atoms with Gasteiger partial charge in [-0.15, -0.1) is 17.8 Å². The number of rotatable bonds is 1. The zero-order valence-corrected chi connectivity index (χ0v) is 8.77. The lowest BCUT2D eigenvalue weighted by Gasteiger charge is -1.94. The predicted molar refractivity (Wildman–Crippen MR) is 60.5 cm³/mol. The fourth-order valence-corrected chi connectivity index (χ4v) is 1.92. The summed E-state index contributed by atoms with van der Waals surface area (Å²) in [6, 6.07) is 7.55. The van der Waals surface area contributed by atoms with E-state index in [1.54, 1.807) is 6.20 Å². The Balaban J connectivity index is 2.40. The van der Waals surface area contributed by atoms with Gasteiger partial charge in [-0.05, 0) is 12.1 Å². The van der Waals surface area contributed by atoms with Crippen molar-refractivity contribution in [1.82, 2.24) is 4.98 Å². The van der Waals surface area contributed by atoms with Crippen molar-refractivity contribution in [3.63, 3.8) is 0 Å². The molecule has 0 aliphatic carbocycles. The normalized spacial score (nSPS) is 9.71. The number of halogens is 1. The van der Waals surface area contributed by atoms with Crippen molar-refractivity contribution in [3.8, 4) is 22.9 Å². The van der Waals surface area contributed by atoms with Gasteiger partial charge in [-0.1, -0.05) is 29.7 Å². The minimum absolute atomic E-state index is 0.725. The van der Waals surface area contributed by atoms with Crippen LogP contribution in [-0.2, 0) is 0 Å². The molecular weight excluding hydrogens is 214 g/mol. The summed E-state index contributed by atoms with van der Waals surface area (Å²) in [7, 11) is 0. The summed E-state index contributed by atoms with van der Waals surface area (Å²) in [5.41, 5.74) is 1.04. The van der Waals surface area contributed by atoms with Crippen LogP contribution in [0.3, 0.4) is 0 Å². The standard InChI is InChI=1S/C11H6ClNS/c1-2-10-7-13-11(14-10)8-3-5-9(12)6-4-8/h1,3-7H. The summed E-state index contributed by atoms with van der Waals surface area (Å²) in [4.78, 5) is 5.06. The number of thiazole rings is 1. The smallest absolute Gasteiger partial charge is 0.124 e. The predicted octanol–water partition coefficient (Wildman–Crippen LogP) is 3.44. The van der Waals surface area contributed by atoms with Crippen LogP contribution in [0.1, 0.15) is 4.88 Å². The Labute approximate surface area is 91.4 Å². The highest BCUT2D eigenvalue weighted by Crippen LogP contribution is 2.25. The monoisotopic (exact) mass is 219 g/mol. The van der Waals surface area contributed by atoms with Gasteiger partial charge in [0.05, 0.1) is 11.1 Å². The van der Waals surface area contributed by atoms with Gasteiger partial charge in [-0.3, -0.25) is 0 Å². The third kappa shape index (κ3) is 1.79. The van der Waals surface area contributed by atoms with E-state index in [0.29, 0.717) is 0 Å². The van der Waals surface area contributed by atoms with E-state index in [2.05, 4.69) is 10.9 Å². The first kappa shape index (κ1) is 9.26. The molecule has 2 aromatic rings. The molecule has 1 aromatic heterocycles. The van der Waals surface area contributed by atoms with Gasteiger partial charge < -0.3 is 0 Å². The third-order valence-electron chi connectivity index (χ3n) is 1.74. The van der Waals surface area contributed by atoms with Crippen LogP contribution < -0.4 is 0 Å². The number of hydrogen-bond donors (Lipinski definition) is 0. The maximum Gasteiger partial charge on any atom is 0.124 e. The molecule has 1 heterocycles. The first-order valence-electron chi connectivity index (χ1n) is 3.98. The number of benzene rings is 1. The SMILES string of the molecule is C#Cc1cnc(-c2ccc(Cl)cc2)s1. The maximum absolute atomic E-state index is 5.78. The molecular formula is C11H6ClNS. The molecule has 1 aromatic carbocycles. The Morgan fingerprint density at radius 2 is 2.00 bits per heavy atom. The van der Waals surface area contributed by atoms with E-state index in [1.807, 2.05) is 24.3 Å². The fourth-order valence-electron chi connectivity index (χ4n) is 1.07. The molecule has 0 amide bonds. The lowest BCUT2D eigenvalue weighted by Crippen LogP contribution is -1.73. The Morgan fingerprint density at radius 3 is 2.57 bits per heavy atom. The Morgan fingerprint density at radius 1 is 1.29 bits per heavy atom. The summed E-state index contributed by atoms with van der Waals surface area (Å²) in [5.74, 6) is 2.56. The summed E-state index contributed by atoms with van der Waals surface area (Å²) >= 11 is 7.28. The summed E-state index contributed by atoms with van der Waals surface area (Å²) in [5, 5.41) is 1.65. The highest BCUT2D eigenvalue weighted by molar-refractivity contribution is 7.15. The second kappa shape index (κ2) is 3.83. The van der Waals surface area contributed by atoms with E-state index < -0.39 is 0 Å². The minimum atomic E-state index is 0.725. The molecule has 0 aliphatic rings. The van der Waals surface area contributed by atoms with Crippen LogP contribution in [0.4, 0.5) is 0 Å². The van der Waals surface area contributed by atoms with Gasteiger partial charge >= 0.3 is 0 Å². The first-order valence-corrected chi connectivity index (χ1v) is 5.17. The largest absolute Gasteiger partial charge is 0.243 e. The molecule has 0 unspecified atom stereocenters. The minimum Gasteiger partial charge on any atom is -0.243 e. The van der Waals surface area contributed by atoms with E-state index in [9.17, 15) is 0 Å². The molecule has 2 rings (SSSR count). The number of terminal acetylenes is 1. The Kier molecular flexibility index (Phi) is 2.53. The van der Waals surface area contributed by atoms with Gasteiger partial charge in [0.1, 0.15) is 5.01 Å². The van der Waals surface area contributed by atoms with Crippen LogP contribution in [0.5, 0.6) is 0 Å². The van der Waals surface area contributed by atoms with Gasteiger partial charge in [-0.2, -0.15) is 0 Å². The molecule has 0 fully saturated rings. The van der Waals surface area contributed by atoms with Gasteiger partial charge in [-0.25, -0.2) is 4.98 Å². The van der Waals surface area contributed by atoms with Crippen molar-refractivity contribution < 1.29 is 0 Å². The molecule has 0 bridgehead atoms. The highest BCUT2D eigenvalue weighted by Gasteiger charge is 2.02. The molecule has 1 nitrogen and oxygen atoms in total. The molecule has 0 saturated heterocycles. The van der Waals surface area contributed by atoms with Crippen molar-refractivity contribution in [3.05, 3.63) is 40.4 Å². The molecule has 14 heavy (non-hydrogen) atoms. The van der Waals surface area contributed by atoms with Crippen molar-refractivity contribution in [1.29, 1.82) is 0 Å². The molecule has 3 heteroatoms. The van der Waals surface area contributed by atoms with Crippen molar-refractivity contribution >= 4 is 22.9 Å². The topological polar surface area (TPSA) is 12.9 Å². The Hall–Kier alpha value is -1.30. The molecule has 68 valence electrons. The van der Waals surface area contributed by atoms with Crippen LogP contribution >= 0.6 is 22.9 Å². The quantitative estimate of drug-likeness (QED) is 0.670. The highest BCUT2D eigenvalue weighted by atomic mass is 35.5. The van der Waals surface area contributed by atoms with Crippen molar-refractivity contribution in [2.45, 2.75) is 0 Å². The second-order valence-electron chi connectivity index (χ2n) is 2.68. The zero-order valence-electron chi connectivity index (χ0n) is 7.20. The molecule has 0 spiro atoms. The van der Waals surface area contributed by atoms with E-state index in [1.165, 1.54) is 11.3 Å². The average Bonchev–Trinajstić information content (AvgIpc) is 2.67. The van der Waals surface area contributed by atoms with Crippen LogP contribution in [0.25, 0.3) is 10.6 Å². The molecule has 0 radical (unpaired) electrons. The van der Waals surface area contributed by atoms with Crippen LogP contribution in [0.2, 0.25) is 5.02 Å². The number of nitrogens with zero attached hydrogens (tertiary/aromatic N) is 1. The zero-order chi connectivity index (χ0) is 9.97. The van der Waals surface area contributed by atoms with Crippen molar-refractivity contribution in [2.24, 2.45) is 0 Å². The first-order chi connectivity index (χ1) is 6.79. The molecule has 0 aliphatic heterocycles. The summed E-state index contributed by atoms with van der Waals surface area (Å²) in [6.45, 7) is 0. The van der Waals surface area contributed by atoms with Gasteiger partial charge in [0.15, 0.2) is 0 Å². The lowest BCUT2D eigenvalue weighted by molar-refractivity contribution is 1.41. The Bertz CT molecular complexity index is 479. The van der Waals surface area contributed by atoms with E-state index >= 15 is 0 Å². The van der Waals surface area contributed by atoms with Gasteiger partial charge in [0, 0.05) is 10.6 Å².